The van der Waals surface area contributed by atoms with Crippen molar-refractivity contribution in [3.05, 3.63) is 23.2 Å². The van der Waals surface area contributed by atoms with Gasteiger partial charge < -0.3 is 19.8 Å². The summed E-state index contributed by atoms with van der Waals surface area (Å²) in [6.45, 7) is 7.72. The standard InChI is InChI=1S/C15H24N2O3/c1-10-8-14(12(3)20-10)11(2)16-9-15(18)17-13-4-6-19-7-5-13/h8,11,13,16H,4-7,9H2,1-3H3,(H,17,18). The lowest BCUT2D eigenvalue weighted by molar-refractivity contribution is -0.121. The van der Waals surface area contributed by atoms with Crippen LogP contribution in [0.15, 0.2) is 10.5 Å². The first-order chi connectivity index (χ1) is 9.56. The summed E-state index contributed by atoms with van der Waals surface area (Å²) >= 11 is 0. The van der Waals surface area contributed by atoms with Gasteiger partial charge in [0.05, 0.1) is 6.54 Å². The van der Waals surface area contributed by atoms with Crippen molar-refractivity contribution in [2.24, 2.45) is 0 Å². The highest BCUT2D eigenvalue weighted by molar-refractivity contribution is 5.78. The minimum atomic E-state index is 0.0432. The highest BCUT2D eigenvalue weighted by Gasteiger charge is 2.17. The third-order valence-electron chi connectivity index (χ3n) is 3.70. The maximum Gasteiger partial charge on any atom is 0.234 e. The Morgan fingerprint density at radius 2 is 2.10 bits per heavy atom. The van der Waals surface area contributed by atoms with Gasteiger partial charge in [0.25, 0.3) is 0 Å². The Bertz CT molecular complexity index is 450. The molecule has 5 nitrogen and oxygen atoms in total. The number of carbonyl (C=O) groups excluding carboxylic acids is 1. The average Bonchev–Trinajstić information content (AvgIpc) is 2.76. The number of hydrogen-bond donors (Lipinski definition) is 2. The molecule has 1 aromatic rings. The molecule has 1 amide bonds. The van der Waals surface area contributed by atoms with Crippen molar-refractivity contribution < 1.29 is 13.9 Å². The fourth-order valence-electron chi connectivity index (χ4n) is 2.56. The van der Waals surface area contributed by atoms with E-state index in [1.807, 2.05) is 26.8 Å². The minimum absolute atomic E-state index is 0.0432. The number of ether oxygens (including phenoxy) is 1. The van der Waals surface area contributed by atoms with Crippen LogP contribution in [-0.2, 0) is 9.53 Å². The zero-order valence-corrected chi connectivity index (χ0v) is 12.5. The first kappa shape index (κ1) is 15.1. The molecule has 0 saturated carbocycles. The van der Waals surface area contributed by atoms with Crippen LogP contribution < -0.4 is 10.6 Å². The van der Waals surface area contributed by atoms with Gasteiger partial charge >= 0.3 is 0 Å². The van der Waals surface area contributed by atoms with Crippen molar-refractivity contribution in [3.8, 4) is 0 Å². The predicted molar refractivity (Wildman–Crippen MR) is 76.6 cm³/mol. The van der Waals surface area contributed by atoms with Crippen LogP contribution in [0, 0.1) is 13.8 Å². The molecule has 1 aliphatic heterocycles. The summed E-state index contributed by atoms with van der Waals surface area (Å²) in [4.78, 5) is 11.9. The minimum Gasteiger partial charge on any atom is -0.466 e. The molecule has 1 saturated heterocycles. The molecule has 112 valence electrons. The van der Waals surface area contributed by atoms with E-state index in [1.54, 1.807) is 0 Å². The molecular formula is C15H24N2O3. The molecule has 1 aliphatic rings. The van der Waals surface area contributed by atoms with Crippen LogP contribution in [0.1, 0.15) is 42.9 Å². The van der Waals surface area contributed by atoms with Gasteiger partial charge in [-0.3, -0.25) is 4.79 Å². The van der Waals surface area contributed by atoms with E-state index in [1.165, 1.54) is 0 Å². The second-order valence-electron chi connectivity index (χ2n) is 5.43. The number of rotatable bonds is 5. The molecule has 2 heterocycles. The van der Waals surface area contributed by atoms with Crippen LogP contribution in [0.2, 0.25) is 0 Å². The van der Waals surface area contributed by atoms with Crippen molar-refractivity contribution in [2.75, 3.05) is 19.8 Å². The predicted octanol–water partition coefficient (Wildman–Crippen LogP) is 1.84. The smallest absolute Gasteiger partial charge is 0.234 e. The quantitative estimate of drug-likeness (QED) is 0.864. The van der Waals surface area contributed by atoms with E-state index in [4.69, 9.17) is 9.15 Å². The molecule has 0 bridgehead atoms. The number of amides is 1. The molecule has 1 unspecified atom stereocenters. The Morgan fingerprint density at radius 1 is 1.40 bits per heavy atom. The lowest BCUT2D eigenvalue weighted by atomic mass is 10.1. The van der Waals surface area contributed by atoms with E-state index in [0.29, 0.717) is 6.54 Å². The summed E-state index contributed by atoms with van der Waals surface area (Å²) in [6.07, 6.45) is 1.81. The Balaban J connectivity index is 1.76. The molecule has 20 heavy (non-hydrogen) atoms. The molecule has 0 radical (unpaired) electrons. The van der Waals surface area contributed by atoms with Crippen molar-refractivity contribution >= 4 is 5.91 Å². The van der Waals surface area contributed by atoms with Gasteiger partial charge in [-0.25, -0.2) is 0 Å². The highest BCUT2D eigenvalue weighted by Crippen LogP contribution is 2.20. The van der Waals surface area contributed by atoms with Gasteiger partial charge in [-0.2, -0.15) is 0 Å². The first-order valence-electron chi connectivity index (χ1n) is 7.23. The second-order valence-corrected chi connectivity index (χ2v) is 5.43. The lowest BCUT2D eigenvalue weighted by Gasteiger charge is -2.23. The number of carbonyl (C=O) groups is 1. The van der Waals surface area contributed by atoms with Crippen LogP contribution in [0.25, 0.3) is 0 Å². The molecule has 0 spiro atoms. The van der Waals surface area contributed by atoms with Crippen LogP contribution in [-0.4, -0.2) is 31.7 Å². The van der Waals surface area contributed by atoms with Crippen LogP contribution in [0.3, 0.4) is 0 Å². The molecule has 0 aromatic carbocycles. The van der Waals surface area contributed by atoms with Crippen LogP contribution >= 0.6 is 0 Å². The summed E-state index contributed by atoms with van der Waals surface area (Å²) in [5, 5.41) is 6.28. The van der Waals surface area contributed by atoms with Gasteiger partial charge in [-0.15, -0.1) is 0 Å². The fourth-order valence-corrected chi connectivity index (χ4v) is 2.56. The van der Waals surface area contributed by atoms with Gasteiger partial charge in [0.1, 0.15) is 11.5 Å². The molecule has 1 fully saturated rings. The molecular weight excluding hydrogens is 256 g/mol. The third kappa shape index (κ3) is 4.08. The number of hydrogen-bond acceptors (Lipinski definition) is 4. The number of nitrogens with one attached hydrogen (secondary N) is 2. The Morgan fingerprint density at radius 3 is 2.70 bits per heavy atom. The summed E-state index contributed by atoms with van der Waals surface area (Å²) in [7, 11) is 0. The largest absolute Gasteiger partial charge is 0.466 e. The van der Waals surface area contributed by atoms with Crippen molar-refractivity contribution in [1.82, 2.24) is 10.6 Å². The van der Waals surface area contributed by atoms with E-state index in [-0.39, 0.29) is 18.0 Å². The molecule has 1 aromatic heterocycles. The van der Waals surface area contributed by atoms with E-state index in [9.17, 15) is 4.79 Å². The van der Waals surface area contributed by atoms with E-state index >= 15 is 0 Å². The summed E-state index contributed by atoms with van der Waals surface area (Å²) in [5.74, 6) is 1.85. The zero-order chi connectivity index (χ0) is 14.5. The third-order valence-corrected chi connectivity index (χ3v) is 3.70. The highest BCUT2D eigenvalue weighted by atomic mass is 16.5. The topological polar surface area (TPSA) is 63.5 Å². The monoisotopic (exact) mass is 280 g/mol. The Hall–Kier alpha value is -1.33. The second kappa shape index (κ2) is 6.90. The van der Waals surface area contributed by atoms with Crippen LogP contribution in [0.5, 0.6) is 0 Å². The Kier molecular flexibility index (Phi) is 5.20. The van der Waals surface area contributed by atoms with Gasteiger partial charge in [-0.1, -0.05) is 0 Å². The zero-order valence-electron chi connectivity index (χ0n) is 12.5. The number of aryl methyl sites for hydroxylation is 2. The fraction of sp³-hybridized carbons (Fsp3) is 0.667. The summed E-state index contributed by atoms with van der Waals surface area (Å²) in [5.41, 5.74) is 1.11. The van der Waals surface area contributed by atoms with E-state index in [2.05, 4.69) is 10.6 Å². The molecule has 1 atom stereocenters. The van der Waals surface area contributed by atoms with Gasteiger partial charge in [-0.05, 0) is 39.7 Å². The van der Waals surface area contributed by atoms with Crippen molar-refractivity contribution in [3.63, 3.8) is 0 Å². The SMILES string of the molecule is Cc1cc(C(C)NCC(=O)NC2CCOCC2)c(C)o1. The summed E-state index contributed by atoms with van der Waals surface area (Å²) < 4.78 is 10.8. The molecule has 5 heteroatoms. The van der Waals surface area contributed by atoms with E-state index in [0.717, 1.165) is 43.1 Å². The molecule has 2 rings (SSSR count). The normalized spacial score (nSPS) is 17.9. The van der Waals surface area contributed by atoms with Gasteiger partial charge in [0, 0.05) is 30.9 Å². The number of furan rings is 1. The van der Waals surface area contributed by atoms with Gasteiger partial charge in [0.2, 0.25) is 5.91 Å². The lowest BCUT2D eigenvalue weighted by Crippen LogP contribution is -2.43. The Labute approximate surface area is 120 Å². The maximum atomic E-state index is 11.9. The molecule has 0 aliphatic carbocycles. The van der Waals surface area contributed by atoms with Gasteiger partial charge in [0.15, 0.2) is 0 Å². The summed E-state index contributed by atoms with van der Waals surface area (Å²) in [6, 6.07) is 2.38. The van der Waals surface area contributed by atoms with Crippen LogP contribution in [0.4, 0.5) is 0 Å². The van der Waals surface area contributed by atoms with E-state index < -0.39 is 0 Å². The van der Waals surface area contributed by atoms with Crippen molar-refractivity contribution in [1.29, 1.82) is 0 Å². The molecule has 2 N–H and O–H groups in total. The first-order valence-corrected chi connectivity index (χ1v) is 7.23. The maximum absolute atomic E-state index is 11.9. The average molecular weight is 280 g/mol. The van der Waals surface area contributed by atoms with Crippen molar-refractivity contribution in [2.45, 2.75) is 45.7 Å².